The van der Waals surface area contributed by atoms with Crippen LogP contribution in [0.2, 0.25) is 0 Å². The first-order valence-corrected chi connectivity index (χ1v) is 6.24. The summed E-state index contributed by atoms with van der Waals surface area (Å²) in [6.45, 7) is 1.71. The molecule has 0 radical (unpaired) electrons. The third-order valence-corrected chi connectivity index (χ3v) is 2.88. The zero-order chi connectivity index (χ0) is 12.5. The summed E-state index contributed by atoms with van der Waals surface area (Å²) in [5.74, 6) is -0.157. The molecular formula is C12H22FNO3. The van der Waals surface area contributed by atoms with E-state index in [-0.39, 0.29) is 12.0 Å². The van der Waals surface area contributed by atoms with E-state index in [2.05, 4.69) is 10.1 Å². The molecule has 1 aliphatic rings. The van der Waals surface area contributed by atoms with E-state index in [1.54, 1.807) is 0 Å². The molecule has 1 saturated heterocycles. The molecule has 5 heteroatoms. The lowest BCUT2D eigenvalue weighted by atomic mass is 10.2. The summed E-state index contributed by atoms with van der Waals surface area (Å²) in [5, 5.41) is 3.07. The van der Waals surface area contributed by atoms with Crippen molar-refractivity contribution in [3.8, 4) is 0 Å². The average molecular weight is 247 g/mol. The second-order valence-corrected chi connectivity index (χ2v) is 4.40. The molecule has 0 aliphatic carbocycles. The predicted molar refractivity (Wildman–Crippen MR) is 62.6 cm³/mol. The lowest BCUT2D eigenvalue weighted by Crippen LogP contribution is -2.26. The molecule has 1 aliphatic heterocycles. The Morgan fingerprint density at radius 2 is 2.24 bits per heavy atom. The number of rotatable bonds is 8. The number of unbranched alkanes of at least 4 members (excludes halogenated alkanes) is 2. The van der Waals surface area contributed by atoms with Crippen LogP contribution < -0.4 is 5.32 Å². The lowest BCUT2D eigenvalue weighted by molar-refractivity contribution is -0.140. The molecule has 1 rings (SSSR count). The minimum absolute atomic E-state index is 0.157. The van der Waals surface area contributed by atoms with Gasteiger partial charge in [-0.1, -0.05) is 6.42 Å². The Kier molecular flexibility index (Phi) is 7.12. The monoisotopic (exact) mass is 247 g/mol. The van der Waals surface area contributed by atoms with Gasteiger partial charge in [0.2, 0.25) is 0 Å². The number of methoxy groups -OCH3 is 1. The third-order valence-electron chi connectivity index (χ3n) is 2.88. The highest BCUT2D eigenvalue weighted by Gasteiger charge is 2.23. The number of hydrogen-bond donors (Lipinski definition) is 1. The Hall–Kier alpha value is -0.680. The van der Waals surface area contributed by atoms with Crippen LogP contribution in [0.15, 0.2) is 0 Å². The standard InChI is InChI=1S/C12H22FNO3/c1-16-12(15)5-3-2-4-6-17-9-11-7-10(13)8-14-11/h10-11,14H,2-9H2,1H3/t10-,11-/m0/s1. The van der Waals surface area contributed by atoms with E-state index in [0.717, 1.165) is 19.3 Å². The summed E-state index contributed by atoms with van der Waals surface area (Å²) in [5.41, 5.74) is 0. The zero-order valence-corrected chi connectivity index (χ0v) is 10.4. The maximum atomic E-state index is 12.8. The summed E-state index contributed by atoms with van der Waals surface area (Å²) in [6.07, 6.45) is 3.04. The maximum Gasteiger partial charge on any atom is 0.305 e. The van der Waals surface area contributed by atoms with E-state index < -0.39 is 6.17 Å². The first-order valence-electron chi connectivity index (χ1n) is 6.24. The van der Waals surface area contributed by atoms with Gasteiger partial charge in [0.15, 0.2) is 0 Å². The van der Waals surface area contributed by atoms with Crippen LogP contribution in [0.3, 0.4) is 0 Å². The van der Waals surface area contributed by atoms with Gasteiger partial charge in [0.05, 0.1) is 13.7 Å². The minimum Gasteiger partial charge on any atom is -0.469 e. The van der Waals surface area contributed by atoms with Gasteiger partial charge in [0.1, 0.15) is 6.17 Å². The van der Waals surface area contributed by atoms with Gasteiger partial charge >= 0.3 is 5.97 Å². The topological polar surface area (TPSA) is 47.6 Å². The highest BCUT2D eigenvalue weighted by Crippen LogP contribution is 2.10. The van der Waals surface area contributed by atoms with Crippen molar-refractivity contribution < 1.29 is 18.7 Å². The van der Waals surface area contributed by atoms with Gasteiger partial charge < -0.3 is 14.8 Å². The van der Waals surface area contributed by atoms with Gasteiger partial charge in [0, 0.05) is 25.6 Å². The molecule has 0 saturated carbocycles. The molecule has 0 aromatic rings. The quantitative estimate of drug-likeness (QED) is 0.521. The highest BCUT2D eigenvalue weighted by molar-refractivity contribution is 5.68. The fourth-order valence-electron chi connectivity index (χ4n) is 1.87. The number of alkyl halides is 1. The van der Waals surface area contributed by atoms with Gasteiger partial charge in [0.25, 0.3) is 0 Å². The van der Waals surface area contributed by atoms with E-state index in [0.29, 0.717) is 32.6 Å². The molecular weight excluding hydrogens is 225 g/mol. The number of halogens is 1. The van der Waals surface area contributed by atoms with Crippen LogP contribution in [0.25, 0.3) is 0 Å². The molecule has 1 heterocycles. The molecule has 0 unspecified atom stereocenters. The Balaban J connectivity index is 1.83. The van der Waals surface area contributed by atoms with Crippen molar-refractivity contribution in [3.05, 3.63) is 0 Å². The summed E-state index contributed by atoms with van der Waals surface area (Å²) < 4.78 is 22.8. The number of ether oxygens (including phenoxy) is 2. The van der Waals surface area contributed by atoms with E-state index >= 15 is 0 Å². The smallest absolute Gasteiger partial charge is 0.305 e. The average Bonchev–Trinajstić information content (AvgIpc) is 2.73. The number of carbonyl (C=O) groups is 1. The Labute approximate surface area is 102 Å². The SMILES string of the molecule is COC(=O)CCCCCOC[C@@H]1C[C@H](F)CN1. The Morgan fingerprint density at radius 3 is 2.88 bits per heavy atom. The predicted octanol–water partition coefficient (Wildman–Crippen LogP) is 1.44. The number of nitrogens with one attached hydrogen (secondary N) is 1. The summed E-state index contributed by atoms with van der Waals surface area (Å²) in [7, 11) is 1.40. The van der Waals surface area contributed by atoms with Gasteiger partial charge in [-0.2, -0.15) is 0 Å². The molecule has 100 valence electrons. The summed E-state index contributed by atoms with van der Waals surface area (Å²) >= 11 is 0. The van der Waals surface area contributed by atoms with Crippen molar-refractivity contribution in [1.29, 1.82) is 0 Å². The van der Waals surface area contributed by atoms with Gasteiger partial charge in [-0.15, -0.1) is 0 Å². The van der Waals surface area contributed by atoms with Crippen molar-refractivity contribution in [2.24, 2.45) is 0 Å². The molecule has 0 spiro atoms. The van der Waals surface area contributed by atoms with Crippen molar-refractivity contribution in [2.75, 3.05) is 26.9 Å². The Morgan fingerprint density at radius 1 is 1.41 bits per heavy atom. The van der Waals surface area contributed by atoms with Crippen LogP contribution in [-0.4, -0.2) is 45.1 Å². The van der Waals surface area contributed by atoms with Crippen molar-refractivity contribution in [3.63, 3.8) is 0 Å². The molecule has 0 aromatic carbocycles. The molecule has 2 atom stereocenters. The van der Waals surface area contributed by atoms with Crippen LogP contribution in [-0.2, 0) is 14.3 Å². The van der Waals surface area contributed by atoms with Gasteiger partial charge in [-0.25, -0.2) is 4.39 Å². The normalized spacial score (nSPS) is 23.9. The molecule has 4 nitrogen and oxygen atoms in total. The molecule has 0 bridgehead atoms. The lowest BCUT2D eigenvalue weighted by Gasteiger charge is -2.10. The fraction of sp³-hybridized carbons (Fsp3) is 0.917. The number of carbonyl (C=O) groups excluding carboxylic acids is 1. The third kappa shape index (κ3) is 6.58. The van der Waals surface area contributed by atoms with E-state index in [1.807, 2.05) is 0 Å². The summed E-state index contributed by atoms with van der Waals surface area (Å²) in [4.78, 5) is 10.8. The van der Waals surface area contributed by atoms with Crippen molar-refractivity contribution >= 4 is 5.97 Å². The van der Waals surface area contributed by atoms with Crippen LogP contribution in [0.4, 0.5) is 4.39 Å². The van der Waals surface area contributed by atoms with Gasteiger partial charge in [-0.05, 0) is 19.3 Å². The summed E-state index contributed by atoms with van der Waals surface area (Å²) in [6, 6.07) is 0.167. The van der Waals surface area contributed by atoms with Crippen LogP contribution >= 0.6 is 0 Å². The molecule has 17 heavy (non-hydrogen) atoms. The van der Waals surface area contributed by atoms with Crippen LogP contribution in [0, 0.1) is 0 Å². The molecule has 1 fully saturated rings. The van der Waals surface area contributed by atoms with E-state index in [4.69, 9.17) is 4.74 Å². The van der Waals surface area contributed by atoms with Gasteiger partial charge in [-0.3, -0.25) is 4.79 Å². The van der Waals surface area contributed by atoms with Crippen LogP contribution in [0.1, 0.15) is 32.1 Å². The van der Waals surface area contributed by atoms with E-state index in [9.17, 15) is 9.18 Å². The fourth-order valence-corrected chi connectivity index (χ4v) is 1.87. The van der Waals surface area contributed by atoms with E-state index in [1.165, 1.54) is 7.11 Å². The molecule has 0 amide bonds. The second-order valence-electron chi connectivity index (χ2n) is 4.40. The zero-order valence-electron chi connectivity index (χ0n) is 10.4. The van der Waals surface area contributed by atoms with Crippen LogP contribution in [0.5, 0.6) is 0 Å². The van der Waals surface area contributed by atoms with Crippen molar-refractivity contribution in [1.82, 2.24) is 5.32 Å². The second kappa shape index (κ2) is 8.42. The minimum atomic E-state index is -0.719. The highest BCUT2D eigenvalue weighted by atomic mass is 19.1. The van der Waals surface area contributed by atoms with Crippen molar-refractivity contribution in [2.45, 2.75) is 44.3 Å². The maximum absolute atomic E-state index is 12.8. The molecule has 0 aromatic heterocycles. The first kappa shape index (κ1) is 14.4. The number of esters is 1. The largest absolute Gasteiger partial charge is 0.469 e. The molecule has 1 N–H and O–H groups in total. The Bertz CT molecular complexity index is 226. The number of hydrogen-bond acceptors (Lipinski definition) is 4. The first-order chi connectivity index (χ1) is 8.22.